The summed E-state index contributed by atoms with van der Waals surface area (Å²) in [5, 5.41) is 2.42. The van der Waals surface area contributed by atoms with Crippen LogP contribution < -0.4 is 5.73 Å². The number of carbonyl (C=O) groups is 1. The van der Waals surface area contributed by atoms with Crippen LogP contribution in [0.1, 0.15) is 31.2 Å². The lowest BCUT2D eigenvalue weighted by Gasteiger charge is -2.36. The maximum atomic E-state index is 12.7. The zero-order valence-corrected chi connectivity index (χ0v) is 14.2. The minimum Gasteiger partial charge on any atom is -0.339 e. The molecule has 2 aromatic rings. The molecule has 1 atom stereocenters. The lowest BCUT2D eigenvalue weighted by molar-refractivity contribution is -0.134. The summed E-state index contributed by atoms with van der Waals surface area (Å²) in [7, 11) is 0. The second-order valence-electron chi connectivity index (χ2n) is 6.17. The Morgan fingerprint density at radius 3 is 2.70 bits per heavy atom. The zero-order chi connectivity index (χ0) is 15.4. The molecule has 0 saturated carbocycles. The average molecular weight is 333 g/mol. The molecule has 0 aromatic heterocycles. The van der Waals surface area contributed by atoms with Crippen molar-refractivity contribution in [1.82, 2.24) is 4.90 Å². The van der Waals surface area contributed by atoms with Crippen molar-refractivity contribution in [3.8, 4) is 0 Å². The minimum absolute atomic E-state index is 0. The normalized spacial score (nSPS) is 17.8. The van der Waals surface area contributed by atoms with E-state index in [0.29, 0.717) is 19.0 Å². The summed E-state index contributed by atoms with van der Waals surface area (Å²) >= 11 is 0. The molecule has 0 radical (unpaired) electrons. The lowest BCUT2D eigenvalue weighted by Crippen LogP contribution is -2.45. The first-order valence-electron chi connectivity index (χ1n) is 8.25. The summed E-state index contributed by atoms with van der Waals surface area (Å²) in [5.74, 6) is 0.244. The number of rotatable bonds is 4. The van der Waals surface area contributed by atoms with Crippen molar-refractivity contribution in [2.75, 3.05) is 13.1 Å². The highest BCUT2D eigenvalue weighted by Gasteiger charge is 2.25. The lowest BCUT2D eigenvalue weighted by atomic mass is 9.98. The van der Waals surface area contributed by atoms with Gasteiger partial charge in [-0.3, -0.25) is 4.79 Å². The number of amides is 1. The third-order valence-corrected chi connectivity index (χ3v) is 4.62. The standard InChI is InChI=1S/C19H24N2O.ClH/c20-11-10-18-7-3-4-12-21(18)19(22)14-15-8-9-16-5-1-2-6-17(16)13-15;/h1-2,5-6,8-9,13,18H,3-4,7,10-12,14,20H2;1H. The fourth-order valence-electron chi connectivity index (χ4n) is 3.45. The number of nitrogens with zero attached hydrogens (tertiary/aromatic N) is 1. The molecule has 1 saturated heterocycles. The largest absolute Gasteiger partial charge is 0.339 e. The number of benzene rings is 2. The van der Waals surface area contributed by atoms with Crippen LogP contribution in [0.2, 0.25) is 0 Å². The molecule has 1 heterocycles. The molecule has 1 fully saturated rings. The quantitative estimate of drug-likeness (QED) is 0.931. The summed E-state index contributed by atoms with van der Waals surface area (Å²) in [6.07, 6.45) is 4.84. The number of piperidine rings is 1. The topological polar surface area (TPSA) is 46.3 Å². The third kappa shape index (κ3) is 4.24. The Hall–Kier alpha value is -1.58. The van der Waals surface area contributed by atoms with Crippen LogP contribution in [-0.4, -0.2) is 29.9 Å². The Morgan fingerprint density at radius 2 is 1.91 bits per heavy atom. The Balaban J connectivity index is 0.00000192. The molecule has 23 heavy (non-hydrogen) atoms. The summed E-state index contributed by atoms with van der Waals surface area (Å²) < 4.78 is 0. The smallest absolute Gasteiger partial charge is 0.227 e. The van der Waals surface area contributed by atoms with Crippen LogP contribution in [0.15, 0.2) is 42.5 Å². The molecule has 3 nitrogen and oxygen atoms in total. The van der Waals surface area contributed by atoms with Crippen LogP contribution in [0.4, 0.5) is 0 Å². The number of nitrogens with two attached hydrogens (primary N) is 1. The molecule has 2 aromatic carbocycles. The van der Waals surface area contributed by atoms with Gasteiger partial charge in [0.1, 0.15) is 0 Å². The van der Waals surface area contributed by atoms with E-state index in [2.05, 4.69) is 35.2 Å². The van der Waals surface area contributed by atoms with Gasteiger partial charge >= 0.3 is 0 Å². The summed E-state index contributed by atoms with van der Waals surface area (Å²) in [5.41, 5.74) is 6.80. The number of carbonyl (C=O) groups excluding carboxylic acids is 1. The summed E-state index contributed by atoms with van der Waals surface area (Å²) in [6.45, 7) is 1.54. The van der Waals surface area contributed by atoms with E-state index in [9.17, 15) is 4.79 Å². The van der Waals surface area contributed by atoms with Crippen LogP contribution in [0, 0.1) is 0 Å². The van der Waals surface area contributed by atoms with Crippen LogP contribution in [0.5, 0.6) is 0 Å². The van der Waals surface area contributed by atoms with Crippen molar-refractivity contribution < 1.29 is 4.79 Å². The molecule has 3 rings (SSSR count). The van der Waals surface area contributed by atoms with Crippen molar-refractivity contribution in [1.29, 1.82) is 0 Å². The molecular weight excluding hydrogens is 308 g/mol. The molecule has 0 bridgehead atoms. The molecule has 2 N–H and O–H groups in total. The second kappa shape index (κ2) is 8.32. The SMILES string of the molecule is Cl.NCCC1CCCCN1C(=O)Cc1ccc2ccccc2c1. The molecular formula is C19H25ClN2O. The highest BCUT2D eigenvalue weighted by Crippen LogP contribution is 2.21. The number of likely N-dealkylation sites (tertiary alicyclic amines) is 1. The molecule has 0 aliphatic carbocycles. The number of hydrogen-bond donors (Lipinski definition) is 1. The highest BCUT2D eigenvalue weighted by molar-refractivity contribution is 5.86. The number of fused-ring (bicyclic) bond motifs is 1. The van der Waals surface area contributed by atoms with Gasteiger partial charge in [0.15, 0.2) is 0 Å². The molecule has 1 unspecified atom stereocenters. The van der Waals surface area contributed by atoms with Crippen LogP contribution >= 0.6 is 12.4 Å². The van der Waals surface area contributed by atoms with Gasteiger partial charge < -0.3 is 10.6 Å². The van der Waals surface area contributed by atoms with Crippen molar-refractivity contribution in [2.24, 2.45) is 5.73 Å². The predicted molar refractivity (Wildman–Crippen MR) is 97.9 cm³/mol. The fraction of sp³-hybridized carbons (Fsp3) is 0.421. The minimum atomic E-state index is 0. The highest BCUT2D eigenvalue weighted by atomic mass is 35.5. The van der Waals surface area contributed by atoms with E-state index in [0.717, 1.165) is 31.4 Å². The Kier molecular flexibility index (Phi) is 6.43. The molecule has 1 aliphatic heterocycles. The van der Waals surface area contributed by atoms with Gasteiger partial charge in [-0.15, -0.1) is 12.4 Å². The molecule has 1 amide bonds. The van der Waals surface area contributed by atoms with Crippen LogP contribution in [0.25, 0.3) is 10.8 Å². The van der Waals surface area contributed by atoms with E-state index in [1.165, 1.54) is 17.2 Å². The van der Waals surface area contributed by atoms with Gasteiger partial charge in [-0.25, -0.2) is 0 Å². The van der Waals surface area contributed by atoms with Crippen LogP contribution in [0.3, 0.4) is 0 Å². The van der Waals surface area contributed by atoms with Gasteiger partial charge in [0.25, 0.3) is 0 Å². The van der Waals surface area contributed by atoms with Gasteiger partial charge in [-0.1, -0.05) is 42.5 Å². The number of hydrogen-bond acceptors (Lipinski definition) is 2. The molecule has 1 aliphatic rings. The first kappa shape index (κ1) is 17.8. The third-order valence-electron chi connectivity index (χ3n) is 4.62. The molecule has 0 spiro atoms. The zero-order valence-electron chi connectivity index (χ0n) is 13.4. The van der Waals surface area contributed by atoms with Crippen molar-refractivity contribution in [2.45, 2.75) is 38.1 Å². The average Bonchev–Trinajstić information content (AvgIpc) is 2.55. The van der Waals surface area contributed by atoms with Crippen molar-refractivity contribution in [3.63, 3.8) is 0 Å². The van der Waals surface area contributed by atoms with E-state index in [1.807, 2.05) is 12.1 Å². The fourth-order valence-corrected chi connectivity index (χ4v) is 3.45. The van der Waals surface area contributed by atoms with Gasteiger partial charge in [-0.05, 0) is 48.6 Å². The van der Waals surface area contributed by atoms with Crippen molar-refractivity contribution >= 4 is 29.1 Å². The monoisotopic (exact) mass is 332 g/mol. The van der Waals surface area contributed by atoms with Gasteiger partial charge in [0.05, 0.1) is 6.42 Å². The first-order valence-corrected chi connectivity index (χ1v) is 8.25. The Labute approximate surface area is 144 Å². The summed E-state index contributed by atoms with van der Waals surface area (Å²) in [4.78, 5) is 14.7. The maximum absolute atomic E-state index is 12.7. The van der Waals surface area contributed by atoms with Crippen molar-refractivity contribution in [3.05, 3.63) is 48.0 Å². The summed E-state index contributed by atoms with van der Waals surface area (Å²) in [6, 6.07) is 14.9. The van der Waals surface area contributed by atoms with Gasteiger partial charge in [0, 0.05) is 12.6 Å². The Morgan fingerprint density at radius 1 is 1.13 bits per heavy atom. The molecule has 124 valence electrons. The second-order valence-corrected chi connectivity index (χ2v) is 6.17. The van der Waals surface area contributed by atoms with E-state index in [4.69, 9.17) is 5.73 Å². The van der Waals surface area contributed by atoms with Crippen LogP contribution in [-0.2, 0) is 11.2 Å². The van der Waals surface area contributed by atoms with E-state index < -0.39 is 0 Å². The van der Waals surface area contributed by atoms with E-state index in [1.54, 1.807) is 0 Å². The number of halogens is 1. The Bertz CT molecular complexity index is 657. The first-order chi connectivity index (χ1) is 10.8. The van der Waals surface area contributed by atoms with Gasteiger partial charge in [0.2, 0.25) is 5.91 Å². The van der Waals surface area contributed by atoms with E-state index >= 15 is 0 Å². The maximum Gasteiger partial charge on any atom is 0.227 e. The van der Waals surface area contributed by atoms with Gasteiger partial charge in [-0.2, -0.15) is 0 Å². The predicted octanol–water partition coefficient (Wildman–Crippen LogP) is 3.53. The van der Waals surface area contributed by atoms with E-state index in [-0.39, 0.29) is 18.3 Å². The molecule has 4 heteroatoms.